The van der Waals surface area contributed by atoms with Crippen molar-refractivity contribution in [2.75, 3.05) is 30.4 Å². The normalized spacial score (nSPS) is 19.0. The molecule has 1 saturated heterocycles. The minimum absolute atomic E-state index is 0.183. The van der Waals surface area contributed by atoms with Crippen LogP contribution in [0.15, 0.2) is 42.9 Å². The second-order valence-corrected chi connectivity index (χ2v) is 8.62. The predicted molar refractivity (Wildman–Crippen MR) is 126 cm³/mol. The lowest BCUT2D eigenvalue weighted by Crippen LogP contribution is -2.54. The van der Waals surface area contributed by atoms with Gasteiger partial charge in [-0.15, -0.1) is 0 Å². The average molecular weight is 455 g/mol. The molecule has 2 N–H and O–H groups in total. The second kappa shape index (κ2) is 8.11. The molecule has 0 unspecified atom stereocenters. The largest absolute Gasteiger partial charge is 0.495 e. The van der Waals surface area contributed by atoms with Gasteiger partial charge in [0.25, 0.3) is 0 Å². The van der Waals surface area contributed by atoms with Crippen LogP contribution in [0.25, 0.3) is 16.6 Å². The molecule has 3 heterocycles. The van der Waals surface area contributed by atoms with Crippen LogP contribution in [-0.4, -0.2) is 46.7 Å². The van der Waals surface area contributed by atoms with Crippen molar-refractivity contribution in [2.24, 2.45) is 0 Å². The van der Waals surface area contributed by atoms with Gasteiger partial charge in [-0.1, -0.05) is 17.7 Å². The fourth-order valence-corrected chi connectivity index (χ4v) is 4.64. The number of anilines is 3. The molecular formula is C23H24ClFN6O. The van der Waals surface area contributed by atoms with Crippen LogP contribution in [0.3, 0.4) is 0 Å². The minimum Gasteiger partial charge on any atom is -0.495 e. The van der Waals surface area contributed by atoms with E-state index in [-0.39, 0.29) is 10.7 Å². The van der Waals surface area contributed by atoms with Gasteiger partial charge in [0, 0.05) is 31.2 Å². The molecule has 0 radical (unpaired) electrons. The molecule has 166 valence electrons. The van der Waals surface area contributed by atoms with E-state index < -0.39 is 5.82 Å². The number of hydrogen-bond donors (Lipinski definition) is 2. The molecule has 4 aromatic rings. The maximum Gasteiger partial charge on any atom is 0.157 e. The SMILES string of the molecule is COc1cc2c(cc1N1C[C@@H](C)N[C@@H](C)C1)nc(Nc1c(F)cccc1Cl)c1cncn12. The summed E-state index contributed by atoms with van der Waals surface area (Å²) in [6.07, 6.45) is 3.39. The Balaban J connectivity index is 1.67. The van der Waals surface area contributed by atoms with Gasteiger partial charge in [-0.05, 0) is 32.0 Å². The van der Waals surface area contributed by atoms with Gasteiger partial charge in [0.15, 0.2) is 5.82 Å². The highest BCUT2D eigenvalue weighted by atomic mass is 35.5. The molecule has 2 aromatic carbocycles. The van der Waals surface area contributed by atoms with Gasteiger partial charge in [-0.2, -0.15) is 0 Å². The van der Waals surface area contributed by atoms with E-state index in [0.29, 0.717) is 23.4 Å². The van der Waals surface area contributed by atoms with E-state index in [4.69, 9.17) is 21.3 Å². The number of piperazine rings is 1. The first-order valence-electron chi connectivity index (χ1n) is 10.5. The molecule has 0 saturated carbocycles. The van der Waals surface area contributed by atoms with Crippen molar-refractivity contribution in [3.8, 4) is 5.75 Å². The fourth-order valence-electron chi connectivity index (χ4n) is 4.43. The summed E-state index contributed by atoms with van der Waals surface area (Å²) in [6.45, 7) is 6.05. The molecule has 1 aliphatic heterocycles. The molecule has 0 bridgehead atoms. The average Bonchev–Trinajstić information content (AvgIpc) is 3.25. The third kappa shape index (κ3) is 3.59. The fraction of sp³-hybridized carbons (Fsp3) is 0.304. The highest BCUT2D eigenvalue weighted by Crippen LogP contribution is 2.36. The Morgan fingerprint density at radius 3 is 2.69 bits per heavy atom. The zero-order chi connectivity index (χ0) is 22.4. The first-order chi connectivity index (χ1) is 15.4. The number of halogens is 2. The topological polar surface area (TPSA) is 66.7 Å². The van der Waals surface area contributed by atoms with Gasteiger partial charge >= 0.3 is 0 Å². The van der Waals surface area contributed by atoms with Crippen LogP contribution >= 0.6 is 11.6 Å². The van der Waals surface area contributed by atoms with Gasteiger partial charge in [0.1, 0.15) is 17.1 Å². The lowest BCUT2D eigenvalue weighted by Gasteiger charge is -2.38. The molecule has 9 heteroatoms. The Morgan fingerprint density at radius 2 is 1.97 bits per heavy atom. The van der Waals surface area contributed by atoms with Crippen molar-refractivity contribution in [3.63, 3.8) is 0 Å². The molecule has 1 fully saturated rings. The molecule has 0 aliphatic carbocycles. The van der Waals surface area contributed by atoms with E-state index >= 15 is 0 Å². The zero-order valence-corrected chi connectivity index (χ0v) is 18.8. The number of rotatable bonds is 4. The lowest BCUT2D eigenvalue weighted by molar-refractivity contribution is 0.391. The number of ether oxygens (including phenoxy) is 1. The molecule has 2 atom stereocenters. The molecule has 1 aliphatic rings. The minimum atomic E-state index is -0.448. The van der Waals surface area contributed by atoms with Crippen molar-refractivity contribution >= 4 is 45.3 Å². The van der Waals surface area contributed by atoms with Crippen molar-refractivity contribution in [2.45, 2.75) is 25.9 Å². The number of nitrogens with zero attached hydrogens (tertiary/aromatic N) is 4. The van der Waals surface area contributed by atoms with Crippen molar-refractivity contribution in [3.05, 3.63) is 53.7 Å². The third-order valence-corrected chi connectivity index (χ3v) is 6.07. The highest BCUT2D eigenvalue weighted by Gasteiger charge is 2.24. The van der Waals surface area contributed by atoms with E-state index in [1.807, 2.05) is 16.5 Å². The Kier molecular flexibility index (Phi) is 5.27. The number of hydrogen-bond acceptors (Lipinski definition) is 6. The standard InChI is InChI=1S/C23H24ClFN6O/c1-13-10-30(11-14(2)27-13)19-7-17-18(8-21(19)32-3)31-12-26-9-20(31)23(28-17)29-22-15(24)5-4-6-16(22)25/h4-9,12-14,27H,10-11H2,1-3H3,(H,28,29)/t13-,14+. The quantitative estimate of drug-likeness (QED) is 0.469. The summed E-state index contributed by atoms with van der Waals surface area (Å²) in [4.78, 5) is 11.4. The Bertz CT molecular complexity index is 1280. The summed E-state index contributed by atoms with van der Waals surface area (Å²) in [5.74, 6) is 0.796. The van der Waals surface area contributed by atoms with Crippen LogP contribution in [0.5, 0.6) is 5.75 Å². The van der Waals surface area contributed by atoms with Crippen LogP contribution in [0.4, 0.5) is 21.6 Å². The molecule has 32 heavy (non-hydrogen) atoms. The summed E-state index contributed by atoms with van der Waals surface area (Å²) in [5.41, 5.74) is 3.44. The number of benzene rings is 2. The summed E-state index contributed by atoms with van der Waals surface area (Å²) in [6, 6.07) is 9.26. The molecule has 7 nitrogen and oxygen atoms in total. The first-order valence-corrected chi connectivity index (χ1v) is 10.9. The van der Waals surface area contributed by atoms with Crippen molar-refractivity contribution in [1.82, 2.24) is 19.7 Å². The maximum atomic E-state index is 14.4. The second-order valence-electron chi connectivity index (χ2n) is 8.22. The van der Waals surface area contributed by atoms with E-state index in [0.717, 1.165) is 35.6 Å². The van der Waals surface area contributed by atoms with E-state index in [1.165, 1.54) is 6.07 Å². The number of methoxy groups -OCH3 is 1. The summed E-state index contributed by atoms with van der Waals surface area (Å²) < 4.78 is 22.1. The number of nitrogens with one attached hydrogen (secondary N) is 2. The highest BCUT2D eigenvalue weighted by molar-refractivity contribution is 6.33. The van der Waals surface area contributed by atoms with Crippen LogP contribution in [-0.2, 0) is 0 Å². The van der Waals surface area contributed by atoms with Gasteiger partial charge in [0.2, 0.25) is 0 Å². The lowest BCUT2D eigenvalue weighted by atomic mass is 10.1. The van der Waals surface area contributed by atoms with Crippen LogP contribution in [0.1, 0.15) is 13.8 Å². The van der Waals surface area contributed by atoms with Crippen LogP contribution in [0.2, 0.25) is 5.02 Å². The molecule has 0 spiro atoms. The number of imidazole rings is 1. The zero-order valence-electron chi connectivity index (χ0n) is 18.1. The monoisotopic (exact) mass is 454 g/mol. The first kappa shape index (κ1) is 20.8. The Morgan fingerprint density at radius 1 is 1.19 bits per heavy atom. The molecule has 5 rings (SSSR count). The van der Waals surface area contributed by atoms with Gasteiger partial charge in [-0.25, -0.2) is 14.4 Å². The van der Waals surface area contributed by atoms with Gasteiger partial charge in [-0.3, -0.25) is 4.40 Å². The number of fused-ring (bicyclic) bond motifs is 3. The summed E-state index contributed by atoms with van der Waals surface area (Å²) in [7, 11) is 1.67. The molecular weight excluding hydrogens is 431 g/mol. The maximum absolute atomic E-state index is 14.4. The van der Waals surface area contributed by atoms with Crippen LogP contribution in [0, 0.1) is 5.82 Å². The molecule has 2 aromatic heterocycles. The van der Waals surface area contributed by atoms with E-state index in [1.54, 1.807) is 31.8 Å². The van der Waals surface area contributed by atoms with Crippen molar-refractivity contribution in [1.29, 1.82) is 0 Å². The predicted octanol–water partition coefficient (Wildman–Crippen LogP) is 4.61. The molecule has 0 amide bonds. The number of aromatic nitrogens is 3. The Labute approximate surface area is 190 Å². The van der Waals surface area contributed by atoms with E-state index in [9.17, 15) is 4.39 Å². The van der Waals surface area contributed by atoms with Crippen molar-refractivity contribution < 1.29 is 9.13 Å². The van der Waals surface area contributed by atoms with E-state index in [2.05, 4.69) is 34.4 Å². The van der Waals surface area contributed by atoms with Gasteiger partial charge in [0.05, 0.1) is 47.1 Å². The Hall–Kier alpha value is -3.10. The van der Waals surface area contributed by atoms with Gasteiger partial charge < -0.3 is 20.3 Å². The van der Waals surface area contributed by atoms with Crippen LogP contribution < -0.4 is 20.3 Å². The third-order valence-electron chi connectivity index (χ3n) is 5.75. The number of para-hydroxylation sites is 1. The summed E-state index contributed by atoms with van der Waals surface area (Å²) in [5, 5.41) is 6.90. The summed E-state index contributed by atoms with van der Waals surface area (Å²) >= 11 is 6.23. The smallest absolute Gasteiger partial charge is 0.157 e.